The van der Waals surface area contributed by atoms with Crippen LogP contribution >= 0.6 is 0 Å². The summed E-state index contributed by atoms with van der Waals surface area (Å²) in [6, 6.07) is 14.2. The molecule has 0 aromatic heterocycles. The number of hydrogen-bond acceptors (Lipinski definition) is 2. The maximum absolute atomic E-state index is 9.29. The molecule has 0 amide bonds. The second-order valence-corrected chi connectivity index (χ2v) is 4.05. The van der Waals surface area contributed by atoms with Gasteiger partial charge in [-0.05, 0) is 30.2 Å². The molecule has 0 saturated carbocycles. The molecule has 2 nitrogen and oxygen atoms in total. The number of aliphatic hydroxyl groups is 1. The van der Waals surface area contributed by atoms with Gasteiger partial charge in [0.1, 0.15) is 5.75 Å². The highest BCUT2D eigenvalue weighted by Gasteiger charge is 2.04. The molecule has 0 aliphatic heterocycles. The minimum absolute atomic E-state index is 0.0110. The molecule has 0 heterocycles. The molecule has 0 aliphatic rings. The zero-order chi connectivity index (χ0) is 12.3. The van der Waals surface area contributed by atoms with E-state index < -0.39 is 0 Å². The molecule has 2 rings (SSSR count). The third kappa shape index (κ3) is 2.48. The first-order valence-electron chi connectivity index (χ1n) is 5.59. The van der Waals surface area contributed by atoms with Crippen molar-refractivity contribution < 1.29 is 9.84 Å². The molecule has 0 aliphatic carbocycles. The summed E-state index contributed by atoms with van der Waals surface area (Å²) >= 11 is 0. The molecule has 2 heteroatoms. The van der Waals surface area contributed by atoms with Gasteiger partial charge in [-0.2, -0.15) is 0 Å². The van der Waals surface area contributed by atoms with E-state index in [4.69, 9.17) is 4.74 Å². The molecule has 0 saturated heterocycles. The molecule has 2 aromatic rings. The number of benzene rings is 2. The van der Waals surface area contributed by atoms with Crippen LogP contribution in [0, 0.1) is 6.92 Å². The number of ether oxygens (including phenoxy) is 1. The Hall–Kier alpha value is -1.80. The number of methoxy groups -OCH3 is 1. The van der Waals surface area contributed by atoms with Crippen LogP contribution in [0.2, 0.25) is 0 Å². The molecule has 0 fully saturated rings. The lowest BCUT2D eigenvalue weighted by atomic mass is 10.0. The summed E-state index contributed by atoms with van der Waals surface area (Å²) < 4.78 is 5.19. The van der Waals surface area contributed by atoms with Gasteiger partial charge in [0.15, 0.2) is 0 Å². The summed E-state index contributed by atoms with van der Waals surface area (Å²) in [5.41, 5.74) is 4.29. The van der Waals surface area contributed by atoms with Gasteiger partial charge in [-0.3, -0.25) is 0 Å². The van der Waals surface area contributed by atoms with E-state index in [1.165, 1.54) is 5.56 Å². The number of hydrogen-bond donors (Lipinski definition) is 1. The molecular formula is C15H16O2. The van der Waals surface area contributed by atoms with Crippen molar-refractivity contribution in [1.82, 2.24) is 0 Å². The maximum Gasteiger partial charge on any atom is 0.124 e. The lowest BCUT2D eigenvalue weighted by molar-refractivity contribution is 0.274. The highest BCUT2D eigenvalue weighted by atomic mass is 16.5. The van der Waals surface area contributed by atoms with Crippen molar-refractivity contribution in [2.45, 2.75) is 13.5 Å². The Kier molecular flexibility index (Phi) is 3.45. The Morgan fingerprint density at radius 2 is 1.65 bits per heavy atom. The third-order valence-corrected chi connectivity index (χ3v) is 2.84. The van der Waals surface area contributed by atoms with E-state index >= 15 is 0 Å². The van der Waals surface area contributed by atoms with Crippen LogP contribution in [0.1, 0.15) is 11.1 Å². The third-order valence-electron chi connectivity index (χ3n) is 2.84. The van der Waals surface area contributed by atoms with Gasteiger partial charge >= 0.3 is 0 Å². The summed E-state index contributed by atoms with van der Waals surface area (Å²) in [7, 11) is 1.61. The molecule has 0 bridgehead atoms. The summed E-state index contributed by atoms with van der Waals surface area (Å²) in [6.45, 7) is 2.06. The Morgan fingerprint density at radius 3 is 2.24 bits per heavy atom. The zero-order valence-corrected chi connectivity index (χ0v) is 10.1. The van der Waals surface area contributed by atoms with Crippen molar-refractivity contribution >= 4 is 0 Å². The lowest BCUT2D eigenvalue weighted by Crippen LogP contribution is -1.92. The van der Waals surface area contributed by atoms with E-state index in [1.807, 2.05) is 18.2 Å². The van der Waals surface area contributed by atoms with E-state index in [-0.39, 0.29) is 6.61 Å². The average Bonchev–Trinajstić information content (AvgIpc) is 2.39. The van der Waals surface area contributed by atoms with Gasteiger partial charge in [-0.15, -0.1) is 0 Å². The van der Waals surface area contributed by atoms with Crippen LogP contribution in [0.3, 0.4) is 0 Å². The first kappa shape index (κ1) is 11.7. The summed E-state index contributed by atoms with van der Waals surface area (Å²) in [5.74, 6) is 0.725. The normalized spacial score (nSPS) is 10.3. The molecule has 0 radical (unpaired) electrons. The summed E-state index contributed by atoms with van der Waals surface area (Å²) in [5, 5.41) is 9.29. The van der Waals surface area contributed by atoms with Crippen molar-refractivity contribution in [3.8, 4) is 16.9 Å². The Morgan fingerprint density at radius 1 is 1.00 bits per heavy atom. The topological polar surface area (TPSA) is 29.5 Å². The Labute approximate surface area is 101 Å². The van der Waals surface area contributed by atoms with Crippen molar-refractivity contribution in [1.29, 1.82) is 0 Å². The van der Waals surface area contributed by atoms with Gasteiger partial charge in [-0.1, -0.05) is 35.9 Å². The minimum atomic E-state index is -0.0110. The van der Waals surface area contributed by atoms with E-state index in [0.29, 0.717) is 0 Å². The van der Waals surface area contributed by atoms with Gasteiger partial charge in [0.05, 0.1) is 13.7 Å². The fraction of sp³-hybridized carbons (Fsp3) is 0.200. The zero-order valence-electron chi connectivity index (χ0n) is 10.1. The highest BCUT2D eigenvalue weighted by molar-refractivity contribution is 5.65. The first-order chi connectivity index (χ1) is 8.24. The Balaban J connectivity index is 2.42. The standard InChI is InChI=1S/C15H16O2/c1-11-3-5-12(6-4-11)13-7-8-15(17-2)14(9-13)10-16/h3-9,16H,10H2,1-2H3. The predicted molar refractivity (Wildman–Crippen MR) is 69.1 cm³/mol. The van der Waals surface area contributed by atoms with Gasteiger partial charge < -0.3 is 9.84 Å². The molecule has 0 spiro atoms. The van der Waals surface area contributed by atoms with Gasteiger partial charge in [0.2, 0.25) is 0 Å². The second-order valence-electron chi connectivity index (χ2n) is 4.05. The van der Waals surface area contributed by atoms with E-state index in [9.17, 15) is 5.11 Å². The van der Waals surface area contributed by atoms with Gasteiger partial charge in [-0.25, -0.2) is 0 Å². The predicted octanol–water partition coefficient (Wildman–Crippen LogP) is 3.16. The second kappa shape index (κ2) is 5.02. The van der Waals surface area contributed by atoms with Crippen molar-refractivity contribution in [3.05, 3.63) is 53.6 Å². The number of aliphatic hydroxyl groups excluding tert-OH is 1. The van der Waals surface area contributed by atoms with E-state index in [1.54, 1.807) is 7.11 Å². The van der Waals surface area contributed by atoms with Crippen LogP contribution in [0.4, 0.5) is 0 Å². The smallest absolute Gasteiger partial charge is 0.124 e. The fourth-order valence-electron chi connectivity index (χ4n) is 1.83. The minimum Gasteiger partial charge on any atom is -0.496 e. The average molecular weight is 228 g/mol. The monoisotopic (exact) mass is 228 g/mol. The van der Waals surface area contributed by atoms with E-state index in [2.05, 4.69) is 31.2 Å². The molecule has 0 atom stereocenters. The number of rotatable bonds is 3. The van der Waals surface area contributed by atoms with Crippen molar-refractivity contribution in [2.24, 2.45) is 0 Å². The summed E-state index contributed by atoms with van der Waals surface area (Å²) in [6.07, 6.45) is 0. The molecule has 17 heavy (non-hydrogen) atoms. The van der Waals surface area contributed by atoms with Crippen LogP contribution in [0.15, 0.2) is 42.5 Å². The van der Waals surface area contributed by atoms with Gasteiger partial charge in [0.25, 0.3) is 0 Å². The molecule has 1 N–H and O–H groups in total. The quantitative estimate of drug-likeness (QED) is 0.874. The van der Waals surface area contributed by atoms with Crippen LogP contribution in [-0.2, 0) is 6.61 Å². The molecule has 0 unspecified atom stereocenters. The van der Waals surface area contributed by atoms with Crippen molar-refractivity contribution in [2.75, 3.05) is 7.11 Å². The first-order valence-corrected chi connectivity index (χ1v) is 5.59. The highest BCUT2D eigenvalue weighted by Crippen LogP contribution is 2.26. The molecule has 88 valence electrons. The Bertz CT molecular complexity index is 501. The largest absolute Gasteiger partial charge is 0.496 e. The van der Waals surface area contributed by atoms with Crippen molar-refractivity contribution in [3.63, 3.8) is 0 Å². The fourth-order valence-corrected chi connectivity index (χ4v) is 1.83. The van der Waals surface area contributed by atoms with Crippen LogP contribution < -0.4 is 4.74 Å². The SMILES string of the molecule is COc1ccc(-c2ccc(C)cc2)cc1CO. The van der Waals surface area contributed by atoms with Crippen LogP contribution in [0.25, 0.3) is 11.1 Å². The summed E-state index contributed by atoms with van der Waals surface area (Å²) in [4.78, 5) is 0. The maximum atomic E-state index is 9.29. The van der Waals surface area contributed by atoms with Crippen LogP contribution in [0.5, 0.6) is 5.75 Å². The number of aryl methyl sites for hydroxylation is 1. The van der Waals surface area contributed by atoms with Gasteiger partial charge in [0, 0.05) is 5.56 Å². The molecular weight excluding hydrogens is 212 g/mol. The molecule has 2 aromatic carbocycles. The van der Waals surface area contributed by atoms with E-state index in [0.717, 1.165) is 22.4 Å². The van der Waals surface area contributed by atoms with Crippen LogP contribution in [-0.4, -0.2) is 12.2 Å². The lowest BCUT2D eigenvalue weighted by Gasteiger charge is -2.09.